The fourth-order valence-corrected chi connectivity index (χ4v) is 5.83. The van der Waals surface area contributed by atoms with Gasteiger partial charge in [-0.2, -0.15) is 0 Å². The van der Waals surface area contributed by atoms with Crippen LogP contribution in [0.5, 0.6) is 0 Å². The second-order valence-electron chi connectivity index (χ2n) is 8.68. The molecule has 0 aliphatic rings. The lowest BCUT2D eigenvalue weighted by Crippen LogP contribution is -2.02. The molecular weight excluding hydrogens is 613 g/mol. The minimum Gasteiger partial charge on any atom is -0.418 e. The first-order valence-corrected chi connectivity index (χ1v) is 14.3. The number of carbonyl (C=O) groups excluding carboxylic acids is 1. The third kappa shape index (κ3) is 9.21. The Bertz CT molecular complexity index is 1660. The molecule has 5 aromatic carbocycles. The first kappa shape index (κ1) is 31.3. The summed E-state index contributed by atoms with van der Waals surface area (Å²) in [7, 11) is -6.00. The molecular formula is C31H20BClF6OS2. The van der Waals surface area contributed by atoms with Gasteiger partial charge in [0.05, 0.1) is 16.1 Å². The van der Waals surface area contributed by atoms with Gasteiger partial charge in [-0.15, -0.1) is 0 Å². The molecule has 0 heterocycles. The van der Waals surface area contributed by atoms with Crippen molar-refractivity contribution >= 4 is 48.2 Å². The summed E-state index contributed by atoms with van der Waals surface area (Å²) in [5.41, 5.74) is 3.01. The van der Waals surface area contributed by atoms with Crippen LogP contribution in [0, 0.1) is 11.6 Å². The molecule has 11 heteroatoms. The summed E-state index contributed by atoms with van der Waals surface area (Å²) in [5, 5.41) is 0.539. The Morgan fingerprint density at radius 1 is 0.595 bits per heavy atom. The Hall–Kier alpha value is -3.60. The van der Waals surface area contributed by atoms with Crippen LogP contribution in [0.25, 0.3) is 11.1 Å². The molecule has 0 spiro atoms. The molecule has 0 unspecified atom stereocenters. The van der Waals surface area contributed by atoms with Crippen LogP contribution in [0.2, 0.25) is 5.02 Å². The minimum atomic E-state index is -6.00. The first-order chi connectivity index (χ1) is 20.0. The molecule has 0 saturated carbocycles. The number of rotatable bonds is 7. The lowest BCUT2D eigenvalue weighted by Gasteiger charge is -2.11. The Labute approximate surface area is 252 Å². The SMILES string of the molecule is F[B-](F)(F)F.[OH+]=C(c1ccccc1)c1ccc(Sc2ccc(-c3cc(F)ccc3Sc3ccc(F)cc3)cc2)c(Cl)c1. The molecule has 0 aromatic heterocycles. The first-order valence-electron chi connectivity index (χ1n) is 12.3. The van der Waals surface area contributed by atoms with E-state index in [0.29, 0.717) is 10.6 Å². The van der Waals surface area contributed by atoms with Crippen LogP contribution < -0.4 is 0 Å². The fourth-order valence-electron chi connectivity index (χ4n) is 3.77. The minimum absolute atomic E-state index is 0.174. The predicted molar refractivity (Wildman–Crippen MR) is 160 cm³/mol. The molecule has 1 nitrogen and oxygen atoms in total. The Kier molecular flexibility index (Phi) is 10.5. The van der Waals surface area contributed by atoms with Crippen molar-refractivity contribution in [3.05, 3.63) is 143 Å². The molecule has 0 radical (unpaired) electrons. The summed E-state index contributed by atoms with van der Waals surface area (Å²) in [4.78, 5) is 14.2. The van der Waals surface area contributed by atoms with Crippen molar-refractivity contribution in [3.8, 4) is 11.1 Å². The van der Waals surface area contributed by atoms with Crippen LogP contribution in [0.3, 0.4) is 0 Å². The van der Waals surface area contributed by atoms with E-state index in [9.17, 15) is 30.8 Å². The van der Waals surface area contributed by atoms with E-state index in [2.05, 4.69) is 0 Å². The van der Waals surface area contributed by atoms with E-state index < -0.39 is 7.25 Å². The Morgan fingerprint density at radius 2 is 1.12 bits per heavy atom. The predicted octanol–water partition coefficient (Wildman–Crippen LogP) is 10.8. The maximum Gasteiger partial charge on any atom is 0.673 e. The highest BCUT2D eigenvalue weighted by atomic mass is 35.5. The van der Waals surface area contributed by atoms with Crippen molar-refractivity contribution in [2.24, 2.45) is 0 Å². The second kappa shape index (κ2) is 14.0. The molecule has 42 heavy (non-hydrogen) atoms. The van der Waals surface area contributed by atoms with E-state index in [1.807, 2.05) is 66.7 Å². The normalized spacial score (nSPS) is 11.0. The third-order valence-corrected chi connectivity index (χ3v) is 8.22. The molecule has 0 saturated heterocycles. The van der Waals surface area contributed by atoms with E-state index in [4.69, 9.17) is 11.6 Å². The molecule has 0 bridgehead atoms. The number of hydrogen-bond donors (Lipinski definition) is 0. The van der Waals surface area contributed by atoms with E-state index in [0.717, 1.165) is 36.3 Å². The number of hydrogen-bond acceptors (Lipinski definition) is 2. The maximum absolute atomic E-state index is 14.1. The largest absolute Gasteiger partial charge is 0.673 e. The zero-order chi connectivity index (χ0) is 30.3. The van der Waals surface area contributed by atoms with Crippen LogP contribution in [0.1, 0.15) is 11.1 Å². The van der Waals surface area contributed by atoms with Crippen molar-refractivity contribution in [3.63, 3.8) is 0 Å². The quantitative estimate of drug-likeness (QED) is 0.0770. The number of halogens is 7. The Balaban J connectivity index is 0.000000748. The van der Waals surface area contributed by atoms with Crippen LogP contribution in [-0.2, 0) is 0 Å². The molecule has 0 atom stereocenters. The molecule has 214 valence electrons. The van der Waals surface area contributed by atoms with Crippen LogP contribution in [-0.4, -0.2) is 17.8 Å². The van der Waals surface area contributed by atoms with Crippen LogP contribution in [0.4, 0.5) is 26.0 Å². The Morgan fingerprint density at radius 3 is 1.71 bits per heavy atom. The second-order valence-corrected chi connectivity index (χ2v) is 11.3. The molecule has 5 aromatic rings. The van der Waals surface area contributed by atoms with Gasteiger partial charge < -0.3 is 17.3 Å². The average Bonchev–Trinajstić information content (AvgIpc) is 2.96. The van der Waals surface area contributed by atoms with Crippen molar-refractivity contribution in [2.75, 3.05) is 0 Å². The van der Waals surface area contributed by atoms with Crippen LogP contribution in [0.15, 0.2) is 135 Å². The molecule has 0 fully saturated rings. The van der Waals surface area contributed by atoms with E-state index in [1.54, 1.807) is 24.3 Å². The lowest BCUT2D eigenvalue weighted by atomic mass is 10.0. The number of ketones is 1. The summed E-state index contributed by atoms with van der Waals surface area (Å²) in [6, 6.07) is 33.6. The van der Waals surface area contributed by atoms with Gasteiger partial charge in [0.15, 0.2) is 0 Å². The fraction of sp³-hybridized carbons (Fsp3) is 0. The smallest absolute Gasteiger partial charge is 0.418 e. The van der Waals surface area contributed by atoms with Crippen molar-refractivity contribution < 1.29 is 30.8 Å². The zero-order valence-electron chi connectivity index (χ0n) is 21.5. The van der Waals surface area contributed by atoms with Gasteiger partial charge in [0.25, 0.3) is 0 Å². The molecule has 0 aliphatic carbocycles. The highest BCUT2D eigenvalue weighted by Crippen LogP contribution is 2.39. The van der Waals surface area contributed by atoms with Crippen molar-refractivity contribution in [1.29, 1.82) is 0 Å². The molecule has 0 aliphatic heterocycles. The van der Waals surface area contributed by atoms with E-state index >= 15 is 0 Å². The maximum atomic E-state index is 14.1. The van der Waals surface area contributed by atoms with Gasteiger partial charge in [0.1, 0.15) is 11.6 Å². The molecule has 0 amide bonds. The van der Waals surface area contributed by atoms with Gasteiger partial charge >= 0.3 is 13.0 Å². The van der Waals surface area contributed by atoms with E-state index in [1.165, 1.54) is 47.8 Å². The van der Waals surface area contributed by atoms with Gasteiger partial charge in [-0.05, 0) is 96.1 Å². The average molecular weight is 633 g/mol. The number of benzene rings is 5. The summed E-state index contributed by atoms with van der Waals surface area (Å²) in [5.74, 6) is -0.440. The summed E-state index contributed by atoms with van der Waals surface area (Å²) >= 11 is 9.52. The van der Waals surface area contributed by atoms with Crippen molar-refractivity contribution in [1.82, 2.24) is 0 Å². The summed E-state index contributed by atoms with van der Waals surface area (Å²) in [6.07, 6.45) is 0. The van der Waals surface area contributed by atoms with Crippen LogP contribution >= 0.6 is 35.1 Å². The van der Waals surface area contributed by atoms with Gasteiger partial charge in [0.2, 0.25) is 0 Å². The third-order valence-electron chi connectivity index (χ3n) is 5.63. The summed E-state index contributed by atoms with van der Waals surface area (Å²) < 4.78 is 66.4. The summed E-state index contributed by atoms with van der Waals surface area (Å²) in [6.45, 7) is 0. The zero-order valence-corrected chi connectivity index (χ0v) is 23.8. The molecule has 1 N–H and O–H groups in total. The monoisotopic (exact) mass is 632 g/mol. The van der Waals surface area contributed by atoms with Gasteiger partial charge in [-0.1, -0.05) is 65.5 Å². The standard InChI is InChI=1S/C31H19ClF2OS2.BF4/c32-28-18-22(31(35)21-4-2-1-3-5-21)8-16-30(28)37-25-12-6-20(7-13-25)27-19-24(34)11-17-29(27)36-26-14-9-23(33)10-15-26;2-1(3,4)5/h1-19H;/q;-1/p+1. The molecule has 5 rings (SSSR count). The topological polar surface area (TPSA) is 21.4 Å². The van der Waals surface area contributed by atoms with Gasteiger partial charge in [-0.25, -0.2) is 8.78 Å². The lowest BCUT2D eigenvalue weighted by molar-refractivity contribution is 0.368. The highest BCUT2D eigenvalue weighted by Gasteiger charge is 2.20. The van der Waals surface area contributed by atoms with E-state index in [-0.39, 0.29) is 17.4 Å². The van der Waals surface area contributed by atoms with Crippen molar-refractivity contribution in [2.45, 2.75) is 19.6 Å². The highest BCUT2D eigenvalue weighted by molar-refractivity contribution is 7.99. The van der Waals surface area contributed by atoms with Gasteiger partial charge in [0, 0.05) is 19.6 Å². The van der Waals surface area contributed by atoms with Gasteiger partial charge in [-0.3, -0.25) is 4.79 Å².